The first-order valence-corrected chi connectivity index (χ1v) is 12.0. The van der Waals surface area contributed by atoms with Gasteiger partial charge in [0.25, 0.3) is 0 Å². The van der Waals surface area contributed by atoms with Gasteiger partial charge in [0, 0.05) is 0 Å². The van der Waals surface area contributed by atoms with Gasteiger partial charge in [0.05, 0.1) is 20.8 Å². The molecule has 1 aliphatic heterocycles. The minimum absolute atomic E-state index is 0.220. The third kappa shape index (κ3) is 3.78. The van der Waals surface area contributed by atoms with E-state index in [1.54, 1.807) is 10.8 Å². The second kappa shape index (κ2) is 6.54. The van der Waals surface area contributed by atoms with Crippen LogP contribution in [0.1, 0.15) is 39.5 Å². The van der Waals surface area contributed by atoms with Crippen molar-refractivity contribution in [1.29, 1.82) is 0 Å². The van der Waals surface area contributed by atoms with Gasteiger partial charge in [-0.1, -0.05) is 60.3 Å². The van der Waals surface area contributed by atoms with Gasteiger partial charge in [-0.2, -0.15) is 0 Å². The first-order chi connectivity index (χ1) is 10.9. The van der Waals surface area contributed by atoms with Crippen molar-refractivity contribution in [1.82, 2.24) is 0 Å². The van der Waals surface area contributed by atoms with Crippen LogP contribution in [-0.2, 0) is 9.47 Å². The highest BCUT2D eigenvalue weighted by Crippen LogP contribution is 2.41. The highest BCUT2D eigenvalue weighted by Gasteiger charge is 2.39. The maximum atomic E-state index is 6.07. The van der Waals surface area contributed by atoms with Gasteiger partial charge in [-0.15, -0.1) is 0 Å². The zero-order valence-electron chi connectivity index (χ0n) is 15.0. The summed E-state index contributed by atoms with van der Waals surface area (Å²) < 4.78 is 11.8. The van der Waals surface area contributed by atoms with E-state index in [0.717, 1.165) is 18.6 Å². The zero-order valence-corrected chi connectivity index (χ0v) is 16.0. The largest absolute Gasteiger partial charge is 0.348 e. The van der Waals surface area contributed by atoms with E-state index in [4.69, 9.17) is 9.47 Å². The lowest BCUT2D eigenvalue weighted by molar-refractivity contribution is -0.138. The third-order valence-corrected chi connectivity index (χ3v) is 9.69. The smallest absolute Gasteiger partial charge is 0.163 e. The Kier molecular flexibility index (Phi) is 4.82. The number of allylic oxidation sites excluding steroid dienone is 1. The molecule has 1 heterocycles. The molecule has 0 saturated carbocycles. The van der Waals surface area contributed by atoms with Crippen LogP contribution in [0.15, 0.2) is 42.0 Å². The van der Waals surface area contributed by atoms with E-state index in [1.165, 1.54) is 19.3 Å². The molecule has 1 aromatic carbocycles. The second-order valence-electron chi connectivity index (χ2n) is 8.01. The topological polar surface area (TPSA) is 18.5 Å². The molecule has 0 radical (unpaired) electrons. The van der Waals surface area contributed by atoms with E-state index in [9.17, 15) is 0 Å². The van der Waals surface area contributed by atoms with Crippen LogP contribution in [0.2, 0.25) is 18.6 Å². The molecule has 23 heavy (non-hydrogen) atoms. The quantitative estimate of drug-likeness (QED) is 0.592. The van der Waals surface area contributed by atoms with Crippen molar-refractivity contribution in [2.45, 2.75) is 70.1 Å². The predicted molar refractivity (Wildman–Crippen MR) is 98.8 cm³/mol. The predicted octanol–water partition coefficient (Wildman–Crippen LogP) is 4.62. The summed E-state index contributed by atoms with van der Waals surface area (Å²) in [5.74, 6) is -0.415. The van der Waals surface area contributed by atoms with Crippen LogP contribution in [0.4, 0.5) is 0 Å². The van der Waals surface area contributed by atoms with Crippen LogP contribution < -0.4 is 5.19 Å². The molecule has 2 nitrogen and oxygen atoms in total. The van der Waals surface area contributed by atoms with Gasteiger partial charge in [-0.25, -0.2) is 0 Å². The van der Waals surface area contributed by atoms with Gasteiger partial charge >= 0.3 is 0 Å². The maximum Gasteiger partial charge on any atom is 0.163 e. The lowest BCUT2D eigenvalue weighted by Gasteiger charge is -2.38. The van der Waals surface area contributed by atoms with Gasteiger partial charge in [0.15, 0.2) is 5.79 Å². The number of hydrogen-bond acceptors (Lipinski definition) is 2. The minimum Gasteiger partial charge on any atom is -0.348 e. The Morgan fingerprint density at radius 1 is 1.17 bits per heavy atom. The van der Waals surface area contributed by atoms with Crippen molar-refractivity contribution >= 4 is 13.3 Å². The molecular weight excluding hydrogens is 300 g/mol. The Hall–Kier alpha value is -0.903. The molecule has 1 unspecified atom stereocenters. The molecule has 0 bridgehead atoms. The Morgan fingerprint density at radius 2 is 1.91 bits per heavy atom. The highest BCUT2D eigenvalue weighted by atomic mass is 28.3. The molecule has 0 amide bonds. The number of rotatable bonds is 4. The van der Waals surface area contributed by atoms with E-state index in [2.05, 4.69) is 49.5 Å². The molecule has 0 spiro atoms. The van der Waals surface area contributed by atoms with Crippen molar-refractivity contribution in [3.63, 3.8) is 0 Å². The Balaban J connectivity index is 1.78. The monoisotopic (exact) mass is 330 g/mol. The fourth-order valence-corrected chi connectivity index (χ4v) is 7.72. The van der Waals surface area contributed by atoms with Crippen LogP contribution in [0, 0.1) is 0 Å². The summed E-state index contributed by atoms with van der Waals surface area (Å²) >= 11 is 0. The standard InChI is InChI=1S/C20H30O2Si/c1-20(2)21-15-17(22-20)14-16-10-8-9-13-19(16)23(3,4)18-11-6-5-7-12-18/h5-7,10-12,17,19H,8-9,13-15H2,1-4H3/t17?,19-/m1/s1. The van der Waals surface area contributed by atoms with Gasteiger partial charge in [-0.3, -0.25) is 0 Å². The Labute approximate surface area is 141 Å². The Morgan fingerprint density at radius 3 is 2.57 bits per heavy atom. The molecule has 1 saturated heterocycles. The first kappa shape index (κ1) is 16.9. The number of ether oxygens (including phenoxy) is 2. The molecule has 1 aliphatic carbocycles. The van der Waals surface area contributed by atoms with Gasteiger partial charge < -0.3 is 9.47 Å². The Bertz CT molecular complexity index is 562. The van der Waals surface area contributed by atoms with Crippen LogP contribution in [0.3, 0.4) is 0 Å². The summed E-state index contributed by atoms with van der Waals surface area (Å²) in [4.78, 5) is 0. The lowest BCUT2D eigenvalue weighted by Crippen LogP contribution is -2.47. The fraction of sp³-hybridized carbons (Fsp3) is 0.600. The van der Waals surface area contributed by atoms with E-state index in [1.807, 2.05) is 13.8 Å². The summed E-state index contributed by atoms with van der Waals surface area (Å²) in [5.41, 5.74) is 2.36. The minimum atomic E-state index is -1.51. The van der Waals surface area contributed by atoms with E-state index in [0.29, 0.717) is 0 Å². The van der Waals surface area contributed by atoms with Crippen molar-refractivity contribution < 1.29 is 9.47 Å². The van der Waals surface area contributed by atoms with Crippen LogP contribution in [-0.4, -0.2) is 26.6 Å². The number of hydrogen-bond donors (Lipinski definition) is 0. The normalized spacial score (nSPS) is 27.7. The SMILES string of the molecule is CC1(C)OCC(CC2=CCCC[C@H]2[Si](C)(C)c2ccccc2)O1. The molecule has 126 valence electrons. The van der Waals surface area contributed by atoms with Crippen molar-refractivity contribution in [3.8, 4) is 0 Å². The summed E-state index contributed by atoms with van der Waals surface area (Å²) in [6.07, 6.45) is 7.64. The van der Waals surface area contributed by atoms with E-state index >= 15 is 0 Å². The van der Waals surface area contributed by atoms with Crippen molar-refractivity contribution in [2.75, 3.05) is 6.61 Å². The highest BCUT2D eigenvalue weighted by molar-refractivity contribution is 6.91. The average molecular weight is 331 g/mol. The van der Waals surface area contributed by atoms with Crippen molar-refractivity contribution in [3.05, 3.63) is 42.0 Å². The average Bonchev–Trinajstić information content (AvgIpc) is 2.87. The molecule has 0 aromatic heterocycles. The van der Waals surface area contributed by atoms with Gasteiger partial charge in [0.1, 0.15) is 0 Å². The maximum absolute atomic E-state index is 6.07. The van der Waals surface area contributed by atoms with Crippen LogP contribution >= 0.6 is 0 Å². The van der Waals surface area contributed by atoms with Gasteiger partial charge in [0.2, 0.25) is 0 Å². The zero-order chi connectivity index (χ0) is 16.5. The third-order valence-electron chi connectivity index (χ3n) is 5.47. The lowest BCUT2D eigenvalue weighted by atomic mass is 9.94. The molecule has 1 fully saturated rings. The second-order valence-corrected chi connectivity index (χ2v) is 12.7. The fourth-order valence-electron chi connectivity index (χ4n) is 4.18. The molecule has 1 aromatic rings. The molecular formula is C20H30O2Si. The van der Waals surface area contributed by atoms with Gasteiger partial charge in [-0.05, 0) is 45.1 Å². The van der Waals surface area contributed by atoms with Crippen LogP contribution in [0.25, 0.3) is 0 Å². The molecule has 3 heteroatoms. The molecule has 3 rings (SSSR count). The summed E-state index contributed by atoms with van der Waals surface area (Å²) in [7, 11) is -1.51. The molecule has 2 atom stereocenters. The summed E-state index contributed by atoms with van der Waals surface area (Å²) in [5, 5.41) is 1.57. The summed E-state index contributed by atoms with van der Waals surface area (Å²) in [6, 6.07) is 11.2. The first-order valence-electron chi connectivity index (χ1n) is 8.95. The summed E-state index contributed by atoms with van der Waals surface area (Å²) in [6.45, 7) is 9.82. The molecule has 2 aliphatic rings. The molecule has 0 N–H and O–H groups in total. The van der Waals surface area contributed by atoms with E-state index < -0.39 is 13.9 Å². The number of benzene rings is 1. The van der Waals surface area contributed by atoms with E-state index in [-0.39, 0.29) is 6.10 Å². The van der Waals surface area contributed by atoms with Crippen LogP contribution in [0.5, 0.6) is 0 Å². The van der Waals surface area contributed by atoms with Crippen molar-refractivity contribution in [2.24, 2.45) is 0 Å².